The fraction of sp³-hybridized carbons (Fsp3) is 0.125. The van der Waals surface area contributed by atoms with E-state index in [4.69, 9.17) is 34.8 Å². The van der Waals surface area contributed by atoms with Gasteiger partial charge in [-0.15, -0.1) is 0 Å². The first-order valence-electron chi connectivity index (χ1n) is 3.59. The maximum Gasteiger partial charge on any atom is 0.150 e. The molecule has 1 N–H and O–H groups in total. The number of hydrogen-bond donors (Lipinski definition) is 1. The van der Waals surface area contributed by atoms with E-state index in [0.717, 1.165) is 4.48 Å². The molecular formula is C8H6BrCl3N2. The molecule has 0 unspecified atom stereocenters. The van der Waals surface area contributed by atoms with E-state index in [1.165, 1.54) is 6.07 Å². The van der Waals surface area contributed by atoms with Gasteiger partial charge < -0.3 is 5.32 Å². The molecule has 0 fully saturated rings. The maximum atomic E-state index is 5.87. The first-order chi connectivity index (χ1) is 6.50. The van der Waals surface area contributed by atoms with Crippen molar-refractivity contribution in [3.05, 3.63) is 32.3 Å². The molecule has 1 rings (SSSR count). The Morgan fingerprint density at radius 3 is 2.64 bits per heavy atom. The lowest BCUT2D eigenvalue weighted by molar-refractivity contribution is 1.22. The number of pyridine rings is 1. The Morgan fingerprint density at radius 2 is 2.07 bits per heavy atom. The molecule has 1 aromatic heterocycles. The van der Waals surface area contributed by atoms with Gasteiger partial charge in [-0.05, 0) is 6.07 Å². The van der Waals surface area contributed by atoms with Crippen molar-refractivity contribution >= 4 is 56.6 Å². The van der Waals surface area contributed by atoms with Crippen molar-refractivity contribution in [2.24, 2.45) is 0 Å². The maximum absolute atomic E-state index is 5.87. The number of hydrogen-bond acceptors (Lipinski definition) is 2. The quantitative estimate of drug-likeness (QED) is 0.838. The molecule has 0 atom stereocenters. The van der Waals surface area contributed by atoms with E-state index in [1.54, 1.807) is 0 Å². The Labute approximate surface area is 105 Å². The lowest BCUT2D eigenvalue weighted by Gasteiger charge is -2.07. The van der Waals surface area contributed by atoms with E-state index < -0.39 is 0 Å². The fourth-order valence-corrected chi connectivity index (χ4v) is 1.45. The highest BCUT2D eigenvalue weighted by Gasteiger charge is 2.06. The third-order valence-corrected chi connectivity index (χ3v) is 2.58. The van der Waals surface area contributed by atoms with Gasteiger partial charge in [-0.3, -0.25) is 0 Å². The minimum absolute atomic E-state index is 0.221. The number of rotatable bonds is 3. The van der Waals surface area contributed by atoms with Crippen LogP contribution in [0.3, 0.4) is 0 Å². The summed E-state index contributed by atoms with van der Waals surface area (Å²) in [5.74, 6) is 0.488. The van der Waals surface area contributed by atoms with Gasteiger partial charge >= 0.3 is 0 Å². The van der Waals surface area contributed by atoms with Crippen molar-refractivity contribution in [2.45, 2.75) is 0 Å². The largest absolute Gasteiger partial charge is 0.364 e. The number of anilines is 1. The molecule has 0 radical (unpaired) electrons. The third-order valence-electron chi connectivity index (χ3n) is 1.33. The van der Waals surface area contributed by atoms with Crippen LogP contribution in [-0.2, 0) is 0 Å². The summed E-state index contributed by atoms with van der Waals surface area (Å²) in [7, 11) is 0. The zero-order valence-electron chi connectivity index (χ0n) is 6.95. The van der Waals surface area contributed by atoms with E-state index in [-0.39, 0.29) is 5.15 Å². The Morgan fingerprint density at radius 1 is 1.43 bits per heavy atom. The van der Waals surface area contributed by atoms with Crippen LogP contribution >= 0.6 is 50.7 Å². The molecule has 0 spiro atoms. The first kappa shape index (κ1) is 12.1. The normalized spacial score (nSPS) is 10.0. The topological polar surface area (TPSA) is 24.9 Å². The Kier molecular flexibility index (Phi) is 4.51. The van der Waals surface area contributed by atoms with Gasteiger partial charge in [0.15, 0.2) is 0 Å². The summed E-state index contributed by atoms with van der Waals surface area (Å²) >= 11 is 20.5. The molecule has 2 nitrogen and oxygen atoms in total. The van der Waals surface area contributed by atoms with E-state index >= 15 is 0 Å². The summed E-state index contributed by atoms with van der Waals surface area (Å²) in [4.78, 5) is 3.97. The van der Waals surface area contributed by atoms with Crippen LogP contribution in [0.1, 0.15) is 0 Å². The van der Waals surface area contributed by atoms with Crippen LogP contribution in [0.2, 0.25) is 15.2 Å². The zero-order chi connectivity index (χ0) is 10.7. The average Bonchev–Trinajstić information content (AvgIpc) is 2.09. The van der Waals surface area contributed by atoms with Crippen LogP contribution in [0.15, 0.2) is 17.1 Å². The molecule has 76 valence electrons. The molecule has 0 aromatic carbocycles. The second kappa shape index (κ2) is 5.21. The summed E-state index contributed by atoms with van der Waals surface area (Å²) in [6, 6.07) is 1.54. The number of halogens is 4. The van der Waals surface area contributed by atoms with E-state index in [1.807, 2.05) is 0 Å². The Bertz CT molecular complexity index is 368. The molecule has 14 heavy (non-hydrogen) atoms. The fourth-order valence-electron chi connectivity index (χ4n) is 0.748. The van der Waals surface area contributed by atoms with Gasteiger partial charge in [0.05, 0.1) is 10.0 Å². The summed E-state index contributed by atoms with van der Waals surface area (Å²) in [6.07, 6.45) is 0. The minimum atomic E-state index is 0.221. The minimum Gasteiger partial charge on any atom is -0.364 e. The summed E-state index contributed by atoms with van der Waals surface area (Å²) < 4.78 is 0.793. The molecule has 0 amide bonds. The summed E-state index contributed by atoms with van der Waals surface area (Å²) in [6.45, 7) is 4.18. The molecule has 0 saturated heterocycles. The second-order valence-electron chi connectivity index (χ2n) is 2.46. The lowest BCUT2D eigenvalue weighted by atomic mass is 10.4. The zero-order valence-corrected chi connectivity index (χ0v) is 10.8. The predicted molar refractivity (Wildman–Crippen MR) is 65.8 cm³/mol. The molecule has 0 aliphatic carbocycles. The number of nitrogens with one attached hydrogen (secondary N) is 1. The van der Waals surface area contributed by atoms with Crippen molar-refractivity contribution in [3.8, 4) is 0 Å². The van der Waals surface area contributed by atoms with Gasteiger partial charge in [0, 0.05) is 11.0 Å². The molecule has 0 aliphatic rings. The van der Waals surface area contributed by atoms with Crippen LogP contribution in [0.5, 0.6) is 0 Å². The molecule has 1 aromatic rings. The van der Waals surface area contributed by atoms with Gasteiger partial charge in [-0.1, -0.05) is 57.3 Å². The summed E-state index contributed by atoms with van der Waals surface area (Å²) in [5, 5.41) is 3.93. The Balaban J connectivity index is 2.87. The predicted octanol–water partition coefficient (Wildman–Crippen LogP) is 4.36. The van der Waals surface area contributed by atoms with Crippen LogP contribution < -0.4 is 5.32 Å². The average molecular weight is 316 g/mol. The van der Waals surface area contributed by atoms with Gasteiger partial charge in [0.25, 0.3) is 0 Å². The van der Waals surface area contributed by atoms with Crippen molar-refractivity contribution in [1.29, 1.82) is 0 Å². The van der Waals surface area contributed by atoms with Crippen molar-refractivity contribution in [2.75, 3.05) is 11.9 Å². The number of nitrogens with zero attached hydrogens (tertiary/aromatic N) is 1. The monoisotopic (exact) mass is 314 g/mol. The molecular weight excluding hydrogens is 310 g/mol. The highest BCUT2D eigenvalue weighted by atomic mass is 79.9. The van der Waals surface area contributed by atoms with Crippen molar-refractivity contribution in [3.63, 3.8) is 0 Å². The SMILES string of the molecule is C=C(Br)CNc1nc(Cl)c(Cl)cc1Cl. The van der Waals surface area contributed by atoms with Crippen molar-refractivity contribution < 1.29 is 0 Å². The van der Waals surface area contributed by atoms with Crippen LogP contribution in [0.25, 0.3) is 0 Å². The van der Waals surface area contributed by atoms with Crippen LogP contribution in [0.4, 0.5) is 5.82 Å². The highest BCUT2D eigenvalue weighted by Crippen LogP contribution is 2.28. The van der Waals surface area contributed by atoms with Crippen LogP contribution in [0, 0.1) is 0 Å². The van der Waals surface area contributed by atoms with Gasteiger partial charge in [0.2, 0.25) is 0 Å². The van der Waals surface area contributed by atoms with Crippen molar-refractivity contribution in [1.82, 2.24) is 4.98 Å². The van der Waals surface area contributed by atoms with E-state index in [0.29, 0.717) is 22.4 Å². The molecule has 0 saturated carbocycles. The Hall–Kier alpha value is 0.0400. The van der Waals surface area contributed by atoms with Crippen LogP contribution in [-0.4, -0.2) is 11.5 Å². The lowest BCUT2D eigenvalue weighted by Crippen LogP contribution is -2.03. The highest BCUT2D eigenvalue weighted by molar-refractivity contribution is 9.11. The molecule has 1 heterocycles. The molecule has 0 aliphatic heterocycles. The smallest absolute Gasteiger partial charge is 0.150 e. The third kappa shape index (κ3) is 3.31. The first-order valence-corrected chi connectivity index (χ1v) is 5.52. The number of aromatic nitrogens is 1. The van der Waals surface area contributed by atoms with E-state index in [2.05, 4.69) is 32.8 Å². The second-order valence-corrected chi connectivity index (χ2v) is 4.76. The molecule has 6 heteroatoms. The van der Waals surface area contributed by atoms with Gasteiger partial charge in [0.1, 0.15) is 11.0 Å². The van der Waals surface area contributed by atoms with E-state index in [9.17, 15) is 0 Å². The van der Waals surface area contributed by atoms with Gasteiger partial charge in [-0.25, -0.2) is 4.98 Å². The summed E-state index contributed by atoms with van der Waals surface area (Å²) in [5.41, 5.74) is 0. The molecule has 0 bridgehead atoms. The van der Waals surface area contributed by atoms with Gasteiger partial charge in [-0.2, -0.15) is 0 Å². The standard InChI is InChI=1S/C8H6BrCl3N2/c1-4(9)3-13-8-6(11)2-5(10)7(12)14-8/h2H,1,3H2,(H,13,14).